The zero-order valence-corrected chi connectivity index (χ0v) is 7.07. The molecule has 1 aromatic rings. The molecule has 1 aromatic carbocycles. The SMILES string of the molecule is Cc1c[c]c(Br)cc1C#N. The minimum Gasteiger partial charge on any atom is -0.192 e. The van der Waals surface area contributed by atoms with Gasteiger partial charge in [-0.05, 0) is 30.7 Å². The van der Waals surface area contributed by atoms with Gasteiger partial charge in [0.15, 0.2) is 0 Å². The molecule has 0 aliphatic heterocycles. The van der Waals surface area contributed by atoms with Crippen LogP contribution in [0, 0.1) is 24.3 Å². The second kappa shape index (κ2) is 2.85. The summed E-state index contributed by atoms with van der Waals surface area (Å²) in [5, 5.41) is 8.56. The molecule has 0 heterocycles. The van der Waals surface area contributed by atoms with E-state index in [4.69, 9.17) is 5.26 Å². The fourth-order valence-corrected chi connectivity index (χ4v) is 1.00. The molecule has 1 nitrogen and oxygen atoms in total. The van der Waals surface area contributed by atoms with Gasteiger partial charge in [0, 0.05) is 4.47 Å². The van der Waals surface area contributed by atoms with Crippen molar-refractivity contribution in [2.24, 2.45) is 0 Å². The summed E-state index contributed by atoms with van der Waals surface area (Å²) in [5.74, 6) is 0. The lowest BCUT2D eigenvalue weighted by molar-refractivity contribution is 1.38. The van der Waals surface area contributed by atoms with Gasteiger partial charge >= 0.3 is 0 Å². The third kappa shape index (κ3) is 1.37. The highest BCUT2D eigenvalue weighted by Crippen LogP contribution is 2.13. The standard InChI is InChI=1S/C8H5BrN/c1-6-2-3-8(9)4-7(6)5-10/h2,4H,1H3. The van der Waals surface area contributed by atoms with Gasteiger partial charge < -0.3 is 0 Å². The van der Waals surface area contributed by atoms with E-state index in [2.05, 4.69) is 28.1 Å². The smallest absolute Gasteiger partial charge is 0.0994 e. The number of halogens is 1. The molecule has 0 aliphatic carbocycles. The first kappa shape index (κ1) is 7.30. The van der Waals surface area contributed by atoms with Crippen molar-refractivity contribution < 1.29 is 0 Å². The number of hydrogen-bond donors (Lipinski definition) is 0. The van der Waals surface area contributed by atoms with Gasteiger partial charge in [0.1, 0.15) is 0 Å². The molecule has 0 N–H and O–H groups in total. The number of nitrogens with zero attached hydrogens (tertiary/aromatic N) is 1. The highest BCUT2D eigenvalue weighted by atomic mass is 79.9. The van der Waals surface area contributed by atoms with Crippen LogP contribution in [-0.4, -0.2) is 0 Å². The van der Waals surface area contributed by atoms with E-state index < -0.39 is 0 Å². The van der Waals surface area contributed by atoms with Gasteiger partial charge in [-0.3, -0.25) is 0 Å². The summed E-state index contributed by atoms with van der Waals surface area (Å²) in [6.45, 7) is 1.89. The van der Waals surface area contributed by atoms with E-state index >= 15 is 0 Å². The molecule has 1 rings (SSSR count). The average Bonchev–Trinajstić information content (AvgIpc) is 1.94. The Morgan fingerprint density at radius 2 is 2.40 bits per heavy atom. The summed E-state index contributed by atoms with van der Waals surface area (Å²) in [6.07, 6.45) is 0. The number of aryl methyl sites for hydroxylation is 1. The zero-order valence-electron chi connectivity index (χ0n) is 5.48. The molecular weight excluding hydrogens is 190 g/mol. The topological polar surface area (TPSA) is 23.8 Å². The van der Waals surface area contributed by atoms with Crippen LogP contribution in [-0.2, 0) is 0 Å². The summed E-state index contributed by atoms with van der Waals surface area (Å²) >= 11 is 3.23. The first-order chi connectivity index (χ1) is 4.74. The van der Waals surface area contributed by atoms with Gasteiger partial charge in [-0.15, -0.1) is 0 Å². The molecular formula is C8H5BrN. The molecule has 49 valence electrons. The molecule has 0 bridgehead atoms. The first-order valence-corrected chi connectivity index (χ1v) is 3.61. The van der Waals surface area contributed by atoms with E-state index in [1.165, 1.54) is 0 Å². The van der Waals surface area contributed by atoms with E-state index in [9.17, 15) is 0 Å². The Bertz CT molecular complexity index is 286. The number of hydrogen-bond acceptors (Lipinski definition) is 1. The van der Waals surface area contributed by atoms with Crippen LogP contribution in [0.1, 0.15) is 11.1 Å². The monoisotopic (exact) mass is 194 g/mol. The van der Waals surface area contributed by atoms with Crippen molar-refractivity contribution in [2.45, 2.75) is 6.92 Å². The first-order valence-electron chi connectivity index (χ1n) is 2.82. The molecule has 0 spiro atoms. The van der Waals surface area contributed by atoms with E-state index in [0.29, 0.717) is 5.56 Å². The van der Waals surface area contributed by atoms with Gasteiger partial charge in [0.25, 0.3) is 0 Å². The summed E-state index contributed by atoms with van der Waals surface area (Å²) in [4.78, 5) is 0. The van der Waals surface area contributed by atoms with Crippen molar-refractivity contribution in [1.82, 2.24) is 0 Å². The molecule has 0 unspecified atom stereocenters. The Morgan fingerprint density at radius 3 is 2.90 bits per heavy atom. The Morgan fingerprint density at radius 1 is 1.70 bits per heavy atom. The molecule has 0 amide bonds. The fourth-order valence-electron chi connectivity index (χ4n) is 0.658. The third-order valence-electron chi connectivity index (χ3n) is 1.24. The van der Waals surface area contributed by atoms with Crippen LogP contribution in [0.25, 0.3) is 0 Å². The van der Waals surface area contributed by atoms with Gasteiger partial charge in [-0.2, -0.15) is 5.26 Å². The van der Waals surface area contributed by atoms with Crippen molar-refractivity contribution >= 4 is 15.9 Å². The predicted molar refractivity (Wildman–Crippen MR) is 42.4 cm³/mol. The highest BCUT2D eigenvalue weighted by molar-refractivity contribution is 9.10. The minimum absolute atomic E-state index is 0.700. The number of nitriles is 1. The molecule has 1 radical (unpaired) electrons. The van der Waals surface area contributed by atoms with Gasteiger partial charge in [0.2, 0.25) is 0 Å². The average molecular weight is 195 g/mol. The van der Waals surface area contributed by atoms with Crippen LogP contribution in [0.4, 0.5) is 0 Å². The minimum atomic E-state index is 0.700. The molecule has 0 aromatic heterocycles. The summed E-state index contributed by atoms with van der Waals surface area (Å²) < 4.78 is 0.828. The Hall–Kier alpha value is -0.810. The predicted octanol–water partition coefficient (Wildman–Crippen LogP) is 2.43. The van der Waals surface area contributed by atoms with Crippen molar-refractivity contribution in [2.75, 3.05) is 0 Å². The van der Waals surface area contributed by atoms with Crippen LogP contribution < -0.4 is 0 Å². The number of benzene rings is 1. The lowest BCUT2D eigenvalue weighted by Gasteiger charge is -1.94. The van der Waals surface area contributed by atoms with Crippen molar-refractivity contribution in [3.63, 3.8) is 0 Å². The number of rotatable bonds is 0. The lowest BCUT2D eigenvalue weighted by Crippen LogP contribution is -1.80. The maximum Gasteiger partial charge on any atom is 0.0994 e. The molecule has 0 saturated carbocycles. The molecule has 0 saturated heterocycles. The van der Waals surface area contributed by atoms with Crippen LogP contribution in [0.2, 0.25) is 0 Å². The van der Waals surface area contributed by atoms with Gasteiger partial charge in [-0.25, -0.2) is 0 Å². The molecule has 10 heavy (non-hydrogen) atoms. The zero-order chi connectivity index (χ0) is 7.56. The Labute approximate surface area is 68.4 Å². The molecule has 0 aliphatic rings. The summed E-state index contributed by atoms with van der Waals surface area (Å²) in [7, 11) is 0. The normalized spacial score (nSPS) is 8.90. The van der Waals surface area contributed by atoms with Crippen molar-refractivity contribution in [3.8, 4) is 6.07 Å². The molecule has 0 atom stereocenters. The van der Waals surface area contributed by atoms with Crippen molar-refractivity contribution in [1.29, 1.82) is 5.26 Å². The highest BCUT2D eigenvalue weighted by Gasteiger charge is 1.95. The van der Waals surface area contributed by atoms with Crippen LogP contribution in [0.5, 0.6) is 0 Å². The van der Waals surface area contributed by atoms with Crippen LogP contribution in [0.3, 0.4) is 0 Å². The van der Waals surface area contributed by atoms with E-state index in [1.54, 1.807) is 12.1 Å². The Balaban J connectivity index is 3.25. The fraction of sp³-hybridized carbons (Fsp3) is 0.125. The third-order valence-corrected chi connectivity index (χ3v) is 1.70. The second-order valence-corrected chi connectivity index (χ2v) is 2.84. The summed E-state index contributed by atoms with van der Waals surface area (Å²) in [6, 6.07) is 8.58. The van der Waals surface area contributed by atoms with E-state index in [0.717, 1.165) is 10.0 Å². The van der Waals surface area contributed by atoms with Crippen LogP contribution >= 0.6 is 15.9 Å². The maximum atomic E-state index is 8.56. The Kier molecular flexibility index (Phi) is 2.08. The lowest BCUT2D eigenvalue weighted by atomic mass is 10.1. The van der Waals surface area contributed by atoms with E-state index in [1.807, 2.05) is 6.92 Å². The molecule has 2 heteroatoms. The van der Waals surface area contributed by atoms with Crippen molar-refractivity contribution in [3.05, 3.63) is 33.8 Å². The van der Waals surface area contributed by atoms with Gasteiger partial charge in [-0.1, -0.05) is 15.9 Å². The van der Waals surface area contributed by atoms with Gasteiger partial charge in [0.05, 0.1) is 11.6 Å². The molecule has 0 fully saturated rings. The van der Waals surface area contributed by atoms with E-state index in [-0.39, 0.29) is 0 Å². The van der Waals surface area contributed by atoms with Crippen LogP contribution in [0.15, 0.2) is 16.6 Å². The summed E-state index contributed by atoms with van der Waals surface area (Å²) in [5.41, 5.74) is 1.66. The maximum absolute atomic E-state index is 8.56. The second-order valence-electron chi connectivity index (χ2n) is 1.99. The quantitative estimate of drug-likeness (QED) is 0.623. The largest absolute Gasteiger partial charge is 0.192 e.